The molecule has 0 radical (unpaired) electrons. The number of hydrogen-bond donors (Lipinski definition) is 1. The van der Waals surface area contributed by atoms with Crippen LogP contribution in [0.15, 0.2) is 52.2 Å². The van der Waals surface area contributed by atoms with Crippen LogP contribution in [-0.2, 0) is 26.1 Å². The van der Waals surface area contributed by atoms with Gasteiger partial charge in [-0.25, -0.2) is 23.0 Å². The first-order valence-corrected chi connectivity index (χ1v) is 11.5. The van der Waals surface area contributed by atoms with E-state index in [-0.39, 0.29) is 39.4 Å². The molecular formula is C22H23N3O7S. The molecule has 1 N–H and O–H groups in total. The summed E-state index contributed by atoms with van der Waals surface area (Å²) in [5, 5.41) is 0.257. The summed E-state index contributed by atoms with van der Waals surface area (Å²) in [4.78, 5) is 43.3. The minimum atomic E-state index is -3.74. The number of nitrogens with zero attached hydrogens (tertiary/aromatic N) is 2. The molecule has 11 heteroatoms. The van der Waals surface area contributed by atoms with Crippen molar-refractivity contribution in [1.82, 2.24) is 14.3 Å². The van der Waals surface area contributed by atoms with Crippen LogP contribution in [0, 0.1) is 0 Å². The predicted octanol–water partition coefficient (Wildman–Crippen LogP) is 2.10. The number of carbonyl (C=O) groups excluding carboxylic acids is 2. The van der Waals surface area contributed by atoms with E-state index in [1.54, 1.807) is 13.8 Å². The molecule has 0 unspecified atom stereocenters. The lowest BCUT2D eigenvalue weighted by atomic mass is 10.1. The Morgan fingerprint density at radius 2 is 1.73 bits per heavy atom. The van der Waals surface area contributed by atoms with Crippen molar-refractivity contribution >= 4 is 32.9 Å². The van der Waals surface area contributed by atoms with Crippen LogP contribution in [0.4, 0.5) is 0 Å². The maximum atomic E-state index is 12.7. The molecule has 0 atom stereocenters. The van der Waals surface area contributed by atoms with Gasteiger partial charge in [-0.15, -0.1) is 0 Å². The first kappa shape index (κ1) is 24.1. The highest BCUT2D eigenvalue weighted by Gasteiger charge is 2.23. The van der Waals surface area contributed by atoms with Gasteiger partial charge in [-0.2, -0.15) is 4.31 Å². The monoisotopic (exact) mass is 473 g/mol. The third-order valence-corrected chi connectivity index (χ3v) is 6.98. The lowest BCUT2D eigenvalue weighted by molar-refractivity contribution is 0.0461. The molecule has 174 valence electrons. The maximum Gasteiger partial charge on any atom is 0.338 e. The first-order valence-electron chi connectivity index (χ1n) is 10.1. The largest absolute Gasteiger partial charge is 0.465 e. The van der Waals surface area contributed by atoms with Gasteiger partial charge in [-0.05, 0) is 36.4 Å². The number of hydrogen-bond acceptors (Lipinski definition) is 8. The van der Waals surface area contributed by atoms with Crippen LogP contribution in [0.25, 0.3) is 10.9 Å². The van der Waals surface area contributed by atoms with Crippen molar-refractivity contribution in [2.45, 2.75) is 25.3 Å². The Morgan fingerprint density at radius 3 is 2.39 bits per heavy atom. The van der Waals surface area contributed by atoms with Crippen LogP contribution in [0.3, 0.4) is 0 Å². The zero-order valence-electron chi connectivity index (χ0n) is 18.3. The summed E-state index contributed by atoms with van der Waals surface area (Å²) in [5.41, 5.74) is 0.0337. The second kappa shape index (κ2) is 9.92. The predicted molar refractivity (Wildman–Crippen MR) is 119 cm³/mol. The van der Waals surface area contributed by atoms with Gasteiger partial charge in [0.05, 0.1) is 34.0 Å². The molecule has 0 aliphatic heterocycles. The number of sulfonamides is 1. The first-order chi connectivity index (χ1) is 15.7. The number of H-pyrrole nitrogens is 1. The van der Waals surface area contributed by atoms with Crippen LogP contribution >= 0.6 is 0 Å². The third-order valence-electron chi connectivity index (χ3n) is 4.93. The fraction of sp³-hybridized carbons (Fsp3) is 0.273. The Hall–Kier alpha value is -3.57. The van der Waals surface area contributed by atoms with Gasteiger partial charge in [0.15, 0.2) is 0 Å². The molecule has 0 amide bonds. The van der Waals surface area contributed by atoms with E-state index >= 15 is 0 Å². The number of benzene rings is 2. The molecule has 0 aliphatic rings. The zero-order valence-corrected chi connectivity index (χ0v) is 19.1. The quantitative estimate of drug-likeness (QED) is 0.491. The number of carbonyl (C=O) groups is 2. The number of methoxy groups -OCH3 is 1. The van der Waals surface area contributed by atoms with Crippen LogP contribution in [0.5, 0.6) is 0 Å². The number of nitrogens with one attached hydrogen (secondary N) is 1. The summed E-state index contributed by atoms with van der Waals surface area (Å²) in [6.45, 7) is 3.69. The van der Waals surface area contributed by atoms with Gasteiger partial charge in [-0.3, -0.25) is 4.79 Å². The molecule has 1 aromatic heterocycles. The van der Waals surface area contributed by atoms with E-state index in [0.717, 1.165) is 0 Å². The van der Waals surface area contributed by atoms with Gasteiger partial charge in [0.2, 0.25) is 10.0 Å². The van der Waals surface area contributed by atoms with Crippen LogP contribution in [-0.4, -0.2) is 54.8 Å². The SMILES string of the molecule is CCN(CC)S(=O)(=O)c1cccc(C(=O)OCc2nc3cc(C(=O)OC)ccc3c(=O)[nH]2)c1. The van der Waals surface area contributed by atoms with E-state index in [1.165, 1.54) is 53.9 Å². The van der Waals surface area contributed by atoms with E-state index in [1.807, 2.05) is 0 Å². The molecule has 0 saturated heterocycles. The lowest BCUT2D eigenvalue weighted by Gasteiger charge is -2.18. The van der Waals surface area contributed by atoms with Gasteiger partial charge in [0.25, 0.3) is 5.56 Å². The minimum Gasteiger partial charge on any atom is -0.465 e. The Kier molecular flexibility index (Phi) is 7.24. The molecule has 2 aromatic carbocycles. The summed E-state index contributed by atoms with van der Waals surface area (Å²) < 4.78 is 36.6. The molecule has 0 aliphatic carbocycles. The highest BCUT2D eigenvalue weighted by atomic mass is 32.2. The second-order valence-electron chi connectivity index (χ2n) is 6.93. The minimum absolute atomic E-state index is 0.0202. The van der Waals surface area contributed by atoms with E-state index < -0.39 is 27.5 Å². The van der Waals surface area contributed by atoms with Crippen LogP contribution < -0.4 is 5.56 Å². The molecular weight excluding hydrogens is 450 g/mol. The van der Waals surface area contributed by atoms with Crippen molar-refractivity contribution in [2.75, 3.05) is 20.2 Å². The molecule has 33 heavy (non-hydrogen) atoms. The van der Waals surface area contributed by atoms with Crippen LogP contribution in [0.1, 0.15) is 40.4 Å². The molecule has 0 spiro atoms. The normalized spacial score (nSPS) is 11.5. The van der Waals surface area contributed by atoms with Gasteiger partial charge in [0.1, 0.15) is 12.4 Å². The zero-order chi connectivity index (χ0) is 24.2. The highest BCUT2D eigenvalue weighted by Crippen LogP contribution is 2.18. The van der Waals surface area contributed by atoms with E-state index in [9.17, 15) is 22.8 Å². The molecule has 10 nitrogen and oxygen atoms in total. The molecule has 1 heterocycles. The van der Waals surface area contributed by atoms with Gasteiger partial charge in [0, 0.05) is 13.1 Å². The highest BCUT2D eigenvalue weighted by molar-refractivity contribution is 7.89. The number of aromatic amines is 1. The number of rotatable bonds is 8. The summed E-state index contributed by atoms with van der Waals surface area (Å²) in [6.07, 6.45) is 0. The molecule has 0 bridgehead atoms. The summed E-state index contributed by atoms with van der Waals surface area (Å²) in [6, 6.07) is 9.85. The van der Waals surface area contributed by atoms with Crippen molar-refractivity contribution < 1.29 is 27.5 Å². The van der Waals surface area contributed by atoms with E-state index in [2.05, 4.69) is 14.7 Å². The summed E-state index contributed by atoms with van der Waals surface area (Å²) >= 11 is 0. The van der Waals surface area contributed by atoms with Gasteiger partial charge in [-0.1, -0.05) is 19.9 Å². The number of ether oxygens (including phenoxy) is 2. The Balaban J connectivity index is 1.82. The number of aromatic nitrogens is 2. The molecule has 3 aromatic rings. The van der Waals surface area contributed by atoms with Crippen molar-refractivity contribution in [1.29, 1.82) is 0 Å². The molecule has 0 fully saturated rings. The van der Waals surface area contributed by atoms with Gasteiger partial charge >= 0.3 is 11.9 Å². The van der Waals surface area contributed by atoms with E-state index in [0.29, 0.717) is 13.1 Å². The molecule has 0 saturated carbocycles. The molecule has 3 rings (SSSR count). The average Bonchev–Trinajstić information content (AvgIpc) is 2.82. The number of fused-ring (bicyclic) bond motifs is 1. The third kappa shape index (κ3) is 5.10. The fourth-order valence-corrected chi connectivity index (χ4v) is 4.72. The topological polar surface area (TPSA) is 136 Å². The maximum absolute atomic E-state index is 12.7. The van der Waals surface area contributed by atoms with E-state index in [4.69, 9.17) is 4.74 Å². The summed E-state index contributed by atoms with van der Waals surface area (Å²) in [5.74, 6) is -1.29. The smallest absolute Gasteiger partial charge is 0.338 e. The van der Waals surface area contributed by atoms with Gasteiger partial charge < -0.3 is 14.5 Å². The number of esters is 2. The average molecular weight is 474 g/mol. The lowest BCUT2D eigenvalue weighted by Crippen LogP contribution is -2.30. The second-order valence-corrected chi connectivity index (χ2v) is 8.87. The van der Waals surface area contributed by atoms with Crippen molar-refractivity contribution in [2.24, 2.45) is 0 Å². The summed E-state index contributed by atoms with van der Waals surface area (Å²) in [7, 11) is -2.50. The Labute approximate surface area is 190 Å². The standard InChI is InChI=1S/C22H23N3O7S/c1-4-25(5-2)33(29,30)16-8-6-7-14(11-16)22(28)32-13-19-23-18-12-15(21(27)31-3)9-10-17(18)20(26)24-19/h6-12H,4-5,13H2,1-3H3,(H,23,24,26). The van der Waals surface area contributed by atoms with Crippen LogP contribution in [0.2, 0.25) is 0 Å². The van der Waals surface area contributed by atoms with Crippen molar-refractivity contribution in [3.8, 4) is 0 Å². The Morgan fingerprint density at radius 1 is 1.03 bits per heavy atom. The Bertz CT molecular complexity index is 1360. The van der Waals surface area contributed by atoms with Crippen molar-refractivity contribution in [3.63, 3.8) is 0 Å². The van der Waals surface area contributed by atoms with Crippen molar-refractivity contribution in [3.05, 3.63) is 69.8 Å². The fourth-order valence-electron chi connectivity index (χ4n) is 3.21.